The van der Waals surface area contributed by atoms with E-state index in [2.05, 4.69) is 33.0 Å². The topological polar surface area (TPSA) is 22.1 Å². The van der Waals surface area contributed by atoms with Crippen molar-refractivity contribution >= 4 is 34.8 Å². The van der Waals surface area contributed by atoms with Crippen LogP contribution in [0.2, 0.25) is 0 Å². The van der Waals surface area contributed by atoms with Crippen LogP contribution in [0.5, 0.6) is 0 Å². The van der Waals surface area contributed by atoms with E-state index in [1.807, 2.05) is 44.2 Å². The largest absolute Gasteiger partial charge is 0.348 e. The van der Waals surface area contributed by atoms with Gasteiger partial charge in [0.2, 0.25) is 0 Å². The van der Waals surface area contributed by atoms with Gasteiger partial charge in [-0.2, -0.15) is 0 Å². The molecular formula is C14H15BrNOP. The predicted octanol–water partition coefficient (Wildman–Crippen LogP) is 3.54. The van der Waals surface area contributed by atoms with Crippen molar-refractivity contribution in [2.75, 3.05) is 6.61 Å². The van der Waals surface area contributed by atoms with Crippen LogP contribution >= 0.6 is 24.1 Å². The molecule has 1 unspecified atom stereocenters. The fourth-order valence-electron chi connectivity index (χ4n) is 1.68. The molecular weight excluding hydrogens is 309 g/mol. The Morgan fingerprint density at radius 2 is 1.94 bits per heavy atom. The van der Waals surface area contributed by atoms with Gasteiger partial charge in [-0.25, -0.2) is 0 Å². The van der Waals surface area contributed by atoms with Gasteiger partial charge in [-0.1, -0.05) is 46.3 Å². The number of hydrogen-bond donors (Lipinski definition) is 0. The summed E-state index contributed by atoms with van der Waals surface area (Å²) in [5, 5.41) is 1.19. The molecule has 0 aliphatic heterocycles. The summed E-state index contributed by atoms with van der Waals surface area (Å²) in [6.07, 6.45) is 0. The monoisotopic (exact) mass is 323 g/mol. The molecule has 0 bridgehead atoms. The lowest BCUT2D eigenvalue weighted by molar-refractivity contribution is 0.387. The fraction of sp³-hybridized carbons (Fsp3) is 0.214. The number of pyridine rings is 1. The number of rotatable bonds is 4. The molecule has 1 aromatic carbocycles. The third-order valence-electron chi connectivity index (χ3n) is 2.36. The van der Waals surface area contributed by atoms with E-state index >= 15 is 0 Å². The molecule has 94 valence electrons. The van der Waals surface area contributed by atoms with Gasteiger partial charge in [0, 0.05) is 22.1 Å². The summed E-state index contributed by atoms with van der Waals surface area (Å²) in [6.45, 7) is 4.70. The Morgan fingerprint density at radius 1 is 1.22 bits per heavy atom. The van der Waals surface area contributed by atoms with Crippen LogP contribution in [0.1, 0.15) is 12.6 Å². The highest BCUT2D eigenvalue weighted by atomic mass is 79.9. The van der Waals surface area contributed by atoms with Crippen LogP contribution in [0.4, 0.5) is 0 Å². The quantitative estimate of drug-likeness (QED) is 0.803. The van der Waals surface area contributed by atoms with Gasteiger partial charge in [0.1, 0.15) is 8.15 Å². The van der Waals surface area contributed by atoms with Crippen molar-refractivity contribution in [2.24, 2.45) is 0 Å². The number of aromatic nitrogens is 1. The minimum atomic E-state index is -0.824. The van der Waals surface area contributed by atoms with Crippen LogP contribution in [0, 0.1) is 6.92 Å². The first kappa shape index (κ1) is 13.7. The zero-order chi connectivity index (χ0) is 13.0. The van der Waals surface area contributed by atoms with Crippen LogP contribution in [-0.2, 0) is 4.52 Å². The molecule has 4 heteroatoms. The van der Waals surface area contributed by atoms with Crippen molar-refractivity contribution in [3.8, 4) is 0 Å². The molecule has 18 heavy (non-hydrogen) atoms. The summed E-state index contributed by atoms with van der Waals surface area (Å²) in [6, 6.07) is 14.3. The molecule has 0 saturated heterocycles. The smallest absolute Gasteiger partial charge is 0.111 e. The van der Waals surface area contributed by atoms with Gasteiger partial charge in [0.25, 0.3) is 0 Å². The van der Waals surface area contributed by atoms with E-state index in [1.165, 1.54) is 5.30 Å². The molecule has 0 fully saturated rings. The molecule has 0 aliphatic rings. The molecule has 0 spiro atoms. The first-order chi connectivity index (χ1) is 8.70. The van der Waals surface area contributed by atoms with Crippen molar-refractivity contribution < 1.29 is 4.52 Å². The zero-order valence-corrected chi connectivity index (χ0v) is 12.9. The summed E-state index contributed by atoms with van der Waals surface area (Å²) in [7, 11) is -0.824. The lowest BCUT2D eigenvalue weighted by Gasteiger charge is -2.17. The summed E-state index contributed by atoms with van der Waals surface area (Å²) < 4.78 is 6.95. The van der Waals surface area contributed by atoms with Crippen LogP contribution in [0.25, 0.3) is 0 Å². The van der Waals surface area contributed by atoms with E-state index in [9.17, 15) is 0 Å². The molecule has 2 rings (SSSR count). The average molecular weight is 324 g/mol. The van der Waals surface area contributed by atoms with Crippen molar-refractivity contribution in [3.05, 3.63) is 52.6 Å². The summed E-state index contributed by atoms with van der Waals surface area (Å²) in [4.78, 5) is 4.60. The van der Waals surface area contributed by atoms with Gasteiger partial charge in [0.15, 0.2) is 0 Å². The predicted molar refractivity (Wildman–Crippen MR) is 80.9 cm³/mol. The van der Waals surface area contributed by atoms with Gasteiger partial charge in [-0.15, -0.1) is 0 Å². The number of aryl methyl sites for hydroxylation is 1. The lowest BCUT2D eigenvalue weighted by atomic mass is 10.4. The molecule has 0 N–H and O–H groups in total. The van der Waals surface area contributed by atoms with E-state index < -0.39 is 8.15 Å². The number of halogens is 1. The third-order valence-corrected chi connectivity index (χ3v) is 4.75. The maximum Gasteiger partial charge on any atom is 0.111 e. The lowest BCUT2D eigenvalue weighted by Crippen LogP contribution is -2.17. The van der Waals surface area contributed by atoms with Crippen molar-refractivity contribution in [2.45, 2.75) is 13.8 Å². The van der Waals surface area contributed by atoms with Gasteiger partial charge in [-0.05, 0) is 26.0 Å². The third kappa shape index (κ3) is 3.38. The van der Waals surface area contributed by atoms with E-state index in [0.717, 1.165) is 15.6 Å². The molecule has 1 aromatic heterocycles. The summed E-state index contributed by atoms with van der Waals surface area (Å²) in [5.41, 5.74) is 2.01. The van der Waals surface area contributed by atoms with Gasteiger partial charge in [0.05, 0.1) is 5.44 Å². The number of benzene rings is 1. The molecule has 2 nitrogen and oxygen atoms in total. The molecule has 0 amide bonds. The Bertz CT molecular complexity index is 498. The second-order valence-corrected chi connectivity index (χ2v) is 6.57. The summed E-state index contributed by atoms with van der Waals surface area (Å²) >= 11 is 3.52. The SMILES string of the molecule is CCOP(c1ccccc1)c1cc(Br)cc(C)n1. The second kappa shape index (κ2) is 6.42. The van der Waals surface area contributed by atoms with Gasteiger partial charge < -0.3 is 4.52 Å². The Morgan fingerprint density at radius 3 is 2.56 bits per heavy atom. The van der Waals surface area contributed by atoms with E-state index in [0.29, 0.717) is 6.61 Å². The fourth-order valence-corrected chi connectivity index (χ4v) is 4.16. The maximum absolute atomic E-state index is 5.91. The molecule has 0 aliphatic carbocycles. The maximum atomic E-state index is 5.91. The highest BCUT2D eigenvalue weighted by Gasteiger charge is 2.16. The Hall–Kier alpha value is -0.760. The van der Waals surface area contributed by atoms with Crippen molar-refractivity contribution in [3.63, 3.8) is 0 Å². The van der Waals surface area contributed by atoms with Crippen molar-refractivity contribution in [1.82, 2.24) is 4.98 Å². The molecule has 0 radical (unpaired) electrons. The molecule has 1 atom stereocenters. The van der Waals surface area contributed by atoms with Crippen molar-refractivity contribution in [1.29, 1.82) is 0 Å². The second-order valence-electron chi connectivity index (χ2n) is 3.83. The normalized spacial score (nSPS) is 12.4. The van der Waals surface area contributed by atoms with Crippen LogP contribution in [0.15, 0.2) is 46.9 Å². The number of hydrogen-bond acceptors (Lipinski definition) is 2. The molecule has 0 saturated carbocycles. The molecule has 1 heterocycles. The first-order valence-corrected chi connectivity index (χ1v) is 7.88. The van der Waals surface area contributed by atoms with E-state index in [4.69, 9.17) is 4.52 Å². The Kier molecular flexibility index (Phi) is 4.87. The first-order valence-electron chi connectivity index (χ1n) is 5.83. The minimum absolute atomic E-state index is 0.688. The Labute approximate surface area is 117 Å². The average Bonchev–Trinajstić information content (AvgIpc) is 2.36. The minimum Gasteiger partial charge on any atom is -0.348 e. The number of nitrogens with zero attached hydrogens (tertiary/aromatic N) is 1. The molecule has 2 aromatic rings. The van der Waals surface area contributed by atoms with Gasteiger partial charge in [-0.3, -0.25) is 4.98 Å². The van der Waals surface area contributed by atoms with Crippen LogP contribution in [-0.4, -0.2) is 11.6 Å². The highest BCUT2D eigenvalue weighted by Crippen LogP contribution is 2.34. The van der Waals surface area contributed by atoms with Crippen LogP contribution < -0.4 is 10.7 Å². The standard InChI is InChI=1S/C14H15BrNOP/c1-3-17-18(13-7-5-4-6-8-13)14-10-12(15)9-11(2)16-14/h4-10H,3H2,1-2H3. The summed E-state index contributed by atoms with van der Waals surface area (Å²) in [5.74, 6) is 0. The van der Waals surface area contributed by atoms with E-state index in [1.54, 1.807) is 0 Å². The Balaban J connectivity index is 2.41. The van der Waals surface area contributed by atoms with E-state index in [-0.39, 0.29) is 0 Å². The van der Waals surface area contributed by atoms with Gasteiger partial charge >= 0.3 is 0 Å². The highest BCUT2D eigenvalue weighted by molar-refractivity contribution is 9.10. The zero-order valence-electron chi connectivity index (χ0n) is 10.4. The van der Waals surface area contributed by atoms with Crippen LogP contribution in [0.3, 0.4) is 0 Å².